The molecule has 2 atom stereocenters. The molecular weight excluding hydrogens is 390 g/mol. The highest BCUT2D eigenvalue weighted by Gasteiger charge is 2.46. The molecule has 0 saturated carbocycles. The maximum absolute atomic E-state index is 12.3. The van der Waals surface area contributed by atoms with Crippen LogP contribution in [-0.4, -0.2) is 53.9 Å². The molecule has 7 heteroatoms. The van der Waals surface area contributed by atoms with Gasteiger partial charge >= 0.3 is 0 Å². The molecule has 0 unspecified atom stereocenters. The van der Waals surface area contributed by atoms with Crippen molar-refractivity contribution in [3.05, 3.63) is 71.1 Å². The number of phenols is 1. The zero-order valence-corrected chi connectivity index (χ0v) is 16.7. The van der Waals surface area contributed by atoms with Gasteiger partial charge < -0.3 is 14.9 Å². The minimum atomic E-state index is -3.28. The van der Waals surface area contributed by atoms with E-state index in [4.69, 9.17) is 4.74 Å². The number of hydrogen-bond acceptors (Lipinski definition) is 6. The predicted octanol–water partition coefficient (Wildman–Crippen LogP) is 2.59. The Bertz CT molecular complexity index is 1060. The van der Waals surface area contributed by atoms with Crippen LogP contribution in [-0.2, 0) is 14.6 Å². The number of ether oxygens (including phenoxy) is 1. The second-order valence-corrected chi connectivity index (χ2v) is 9.50. The summed E-state index contributed by atoms with van der Waals surface area (Å²) in [4.78, 5) is 4.43. The molecule has 2 aromatic rings. The van der Waals surface area contributed by atoms with E-state index in [2.05, 4.69) is 4.98 Å². The monoisotopic (exact) mass is 413 g/mol. The molecule has 2 aliphatic rings. The van der Waals surface area contributed by atoms with E-state index >= 15 is 0 Å². The summed E-state index contributed by atoms with van der Waals surface area (Å²) in [7, 11) is -3.28. The minimum Gasteiger partial charge on any atom is -0.507 e. The van der Waals surface area contributed by atoms with Crippen LogP contribution >= 0.6 is 0 Å². The van der Waals surface area contributed by atoms with Crippen LogP contribution in [0.4, 0.5) is 0 Å². The van der Waals surface area contributed by atoms with Crippen molar-refractivity contribution in [2.45, 2.75) is 24.2 Å². The molecule has 4 rings (SSSR count). The third-order valence-electron chi connectivity index (χ3n) is 5.49. The highest BCUT2D eigenvalue weighted by Crippen LogP contribution is 2.39. The number of allylic oxidation sites excluding steroid dienone is 1. The van der Waals surface area contributed by atoms with Crippen LogP contribution in [0, 0.1) is 0 Å². The van der Waals surface area contributed by atoms with Gasteiger partial charge in [-0.05, 0) is 53.8 Å². The quantitative estimate of drug-likeness (QED) is 0.707. The molecule has 0 radical (unpaired) electrons. The molecule has 0 bridgehead atoms. The molecule has 1 saturated heterocycles. The maximum Gasteiger partial charge on any atom is 0.163 e. The van der Waals surface area contributed by atoms with E-state index in [0.717, 1.165) is 16.8 Å². The van der Waals surface area contributed by atoms with Crippen LogP contribution in [0.1, 0.15) is 24.1 Å². The van der Waals surface area contributed by atoms with E-state index in [9.17, 15) is 18.6 Å². The van der Waals surface area contributed by atoms with Crippen LogP contribution in [0.5, 0.6) is 5.75 Å². The van der Waals surface area contributed by atoms with Crippen LogP contribution in [0.25, 0.3) is 11.6 Å². The summed E-state index contributed by atoms with van der Waals surface area (Å²) in [5, 5.41) is 19.1. The molecule has 1 fully saturated rings. The van der Waals surface area contributed by atoms with Gasteiger partial charge in [-0.3, -0.25) is 4.98 Å². The summed E-state index contributed by atoms with van der Waals surface area (Å²) < 4.78 is 30.4. The fourth-order valence-corrected chi connectivity index (χ4v) is 5.99. The van der Waals surface area contributed by atoms with E-state index in [1.165, 1.54) is 0 Å². The van der Waals surface area contributed by atoms with Crippen LogP contribution in [0.15, 0.2) is 59.8 Å². The number of rotatable bonds is 6. The molecule has 6 nitrogen and oxygen atoms in total. The fourth-order valence-electron chi connectivity index (χ4n) is 4.06. The first-order valence-electron chi connectivity index (χ1n) is 9.55. The molecule has 3 heterocycles. The smallest absolute Gasteiger partial charge is 0.163 e. The number of para-hydroxylation sites is 1. The van der Waals surface area contributed by atoms with Crippen molar-refractivity contribution >= 4 is 21.5 Å². The average molecular weight is 413 g/mol. The number of pyridine rings is 1. The molecule has 0 spiro atoms. The van der Waals surface area contributed by atoms with Crippen molar-refractivity contribution in [3.63, 3.8) is 0 Å². The normalized spacial score (nSPS) is 23.4. The number of hydrogen-bond donors (Lipinski definition) is 2. The minimum absolute atomic E-state index is 0.0792. The Labute approximate surface area is 170 Å². The van der Waals surface area contributed by atoms with Gasteiger partial charge in [-0.2, -0.15) is 0 Å². The summed E-state index contributed by atoms with van der Waals surface area (Å²) in [5.41, 5.74) is 3.71. The molecule has 29 heavy (non-hydrogen) atoms. The summed E-state index contributed by atoms with van der Waals surface area (Å²) >= 11 is 0. The number of aliphatic hydroxyl groups is 1. The molecule has 2 N–H and O–H groups in total. The van der Waals surface area contributed by atoms with Crippen LogP contribution in [0.3, 0.4) is 0 Å². The fraction of sp³-hybridized carbons (Fsp3) is 0.318. The maximum atomic E-state index is 12.3. The van der Waals surface area contributed by atoms with Crippen molar-refractivity contribution in [1.29, 1.82) is 0 Å². The van der Waals surface area contributed by atoms with E-state index in [1.807, 2.05) is 36.4 Å². The number of aromatic nitrogens is 1. The molecule has 0 amide bonds. The van der Waals surface area contributed by atoms with Crippen molar-refractivity contribution in [3.8, 4) is 5.75 Å². The van der Waals surface area contributed by atoms with Gasteiger partial charge in [0.25, 0.3) is 0 Å². The van der Waals surface area contributed by atoms with Gasteiger partial charge in [-0.25, -0.2) is 8.42 Å². The lowest BCUT2D eigenvalue weighted by atomic mass is 9.95. The summed E-state index contributed by atoms with van der Waals surface area (Å²) in [6, 6.07) is 12.7. The van der Waals surface area contributed by atoms with Crippen molar-refractivity contribution in [1.82, 2.24) is 4.98 Å². The lowest BCUT2D eigenvalue weighted by Gasteiger charge is -2.15. The molecule has 2 aliphatic heterocycles. The molecule has 0 aliphatic carbocycles. The first kappa shape index (κ1) is 19.8. The van der Waals surface area contributed by atoms with Gasteiger partial charge in [-0.1, -0.05) is 24.3 Å². The molecule has 152 valence electrons. The number of aromatic hydroxyl groups is 1. The summed E-state index contributed by atoms with van der Waals surface area (Å²) in [5.74, 6) is 0.106. The Morgan fingerprint density at radius 2 is 2.00 bits per heavy atom. The average Bonchev–Trinajstić information content (AvgIpc) is 3.26. The van der Waals surface area contributed by atoms with Gasteiger partial charge in [-0.15, -0.1) is 0 Å². The van der Waals surface area contributed by atoms with Gasteiger partial charge in [0.2, 0.25) is 0 Å². The van der Waals surface area contributed by atoms with Crippen molar-refractivity contribution in [2.75, 3.05) is 19.0 Å². The van der Waals surface area contributed by atoms with E-state index in [-0.39, 0.29) is 30.8 Å². The largest absolute Gasteiger partial charge is 0.507 e. The number of fused-ring (bicyclic) bond motifs is 1. The lowest BCUT2D eigenvalue weighted by Crippen LogP contribution is -2.19. The Balaban J connectivity index is 1.61. The number of sulfone groups is 1. The Morgan fingerprint density at radius 3 is 2.72 bits per heavy atom. The number of nitrogens with zero attached hydrogens (tertiary/aromatic N) is 1. The van der Waals surface area contributed by atoms with E-state index < -0.39 is 15.1 Å². The standard InChI is InChI=1S/C22H23NO5S/c24-12-17-14-29(26,27)21-13-28-20(22(17)21)9-8-15(18-6-3-4-10-23-18)11-16-5-1-2-7-19(16)25/h1-7,10-11,20-21,24-25H,8-9,12-14H2/b15-11-/t20-,21+/m1/s1. The number of aliphatic hydroxyl groups excluding tert-OH is 1. The predicted molar refractivity (Wildman–Crippen MR) is 111 cm³/mol. The first-order chi connectivity index (χ1) is 14.0. The van der Waals surface area contributed by atoms with Crippen molar-refractivity contribution < 1.29 is 23.4 Å². The first-order valence-corrected chi connectivity index (χ1v) is 11.3. The number of benzene rings is 1. The SMILES string of the molecule is O=S1(=O)CC(CO)=C2[C@@H](CC/C(=C/c3ccccc3O)c3ccccn3)OC[C@@H]21. The van der Waals surface area contributed by atoms with Crippen LogP contribution < -0.4 is 0 Å². The van der Waals surface area contributed by atoms with Crippen molar-refractivity contribution in [2.24, 2.45) is 0 Å². The third kappa shape index (κ3) is 3.99. The second-order valence-electron chi connectivity index (χ2n) is 7.32. The lowest BCUT2D eigenvalue weighted by molar-refractivity contribution is 0.118. The zero-order valence-electron chi connectivity index (χ0n) is 15.9. The summed E-state index contributed by atoms with van der Waals surface area (Å²) in [6.45, 7) is -0.111. The Morgan fingerprint density at radius 1 is 1.21 bits per heavy atom. The second kappa shape index (κ2) is 8.10. The van der Waals surface area contributed by atoms with Gasteiger partial charge in [0.1, 0.15) is 11.0 Å². The van der Waals surface area contributed by atoms with E-state index in [1.54, 1.807) is 18.3 Å². The van der Waals surface area contributed by atoms with Gasteiger partial charge in [0.05, 0.1) is 30.8 Å². The Hall–Kier alpha value is -2.48. The number of phenolic OH excluding ortho intramolecular Hbond substituents is 1. The topological polar surface area (TPSA) is 96.7 Å². The zero-order chi connectivity index (χ0) is 20.4. The third-order valence-corrected chi connectivity index (χ3v) is 7.49. The molecule has 1 aromatic carbocycles. The van der Waals surface area contributed by atoms with Gasteiger partial charge in [0, 0.05) is 11.8 Å². The molecule has 1 aromatic heterocycles. The molecular formula is C22H23NO5S. The highest BCUT2D eigenvalue weighted by molar-refractivity contribution is 7.92. The Kier molecular flexibility index (Phi) is 5.54. The van der Waals surface area contributed by atoms with Crippen LogP contribution in [0.2, 0.25) is 0 Å². The highest BCUT2D eigenvalue weighted by atomic mass is 32.2. The summed E-state index contributed by atoms with van der Waals surface area (Å²) in [6.07, 6.45) is 4.44. The van der Waals surface area contributed by atoms with E-state index in [0.29, 0.717) is 24.0 Å². The van der Waals surface area contributed by atoms with Gasteiger partial charge in [0.15, 0.2) is 9.84 Å².